The standard InChI is InChI=1S/C28H26F2N4O5S/c1-28(2,36)10-9-20-7-8-21(22-5-4-6-23-26(22)39-33-27(23)34-40(3,37)38)25(32-20)17(14-24(31)35)11-16-12-18(29)15-19(30)13-16/h4-8,12-13,15,17,36H,11,14H2,1-3H3,(H2,31,35)(H,33,34)/t17-/m0/s1. The Hall–Kier alpha value is -4.34. The number of hydrogen-bond acceptors (Lipinski definition) is 7. The monoisotopic (exact) mass is 568 g/mol. The van der Waals surface area contributed by atoms with Crippen LogP contribution in [0.4, 0.5) is 14.6 Å². The lowest BCUT2D eigenvalue weighted by atomic mass is 9.87. The molecule has 12 heteroatoms. The van der Waals surface area contributed by atoms with Crippen molar-refractivity contribution in [3.63, 3.8) is 0 Å². The lowest BCUT2D eigenvalue weighted by Gasteiger charge is -2.19. The van der Waals surface area contributed by atoms with E-state index in [-0.39, 0.29) is 35.5 Å². The van der Waals surface area contributed by atoms with Gasteiger partial charge in [0.05, 0.1) is 17.3 Å². The number of hydrogen-bond donors (Lipinski definition) is 3. The van der Waals surface area contributed by atoms with Crippen LogP contribution in [0.1, 0.15) is 43.1 Å². The number of aromatic nitrogens is 2. The molecule has 0 aliphatic carbocycles. The van der Waals surface area contributed by atoms with E-state index in [9.17, 15) is 27.1 Å². The zero-order chi connectivity index (χ0) is 29.2. The van der Waals surface area contributed by atoms with Crippen molar-refractivity contribution in [2.24, 2.45) is 5.73 Å². The molecule has 1 amide bonds. The van der Waals surface area contributed by atoms with Crippen LogP contribution >= 0.6 is 0 Å². The Kier molecular flexibility index (Phi) is 7.91. The van der Waals surface area contributed by atoms with Crippen molar-refractivity contribution in [2.75, 3.05) is 11.0 Å². The first kappa shape index (κ1) is 28.7. The first-order valence-electron chi connectivity index (χ1n) is 12.0. The minimum Gasteiger partial charge on any atom is -0.378 e. The van der Waals surface area contributed by atoms with Crippen LogP contribution in [0.25, 0.3) is 22.1 Å². The van der Waals surface area contributed by atoms with Gasteiger partial charge in [0.15, 0.2) is 11.4 Å². The Morgan fingerprint density at radius 1 is 1.15 bits per heavy atom. The van der Waals surface area contributed by atoms with Crippen LogP contribution in [0.5, 0.6) is 0 Å². The van der Waals surface area contributed by atoms with Gasteiger partial charge in [0.25, 0.3) is 0 Å². The first-order chi connectivity index (χ1) is 18.7. The number of primary amides is 1. The summed E-state index contributed by atoms with van der Waals surface area (Å²) in [6, 6.07) is 11.3. The number of fused-ring (bicyclic) bond motifs is 1. The van der Waals surface area contributed by atoms with Crippen molar-refractivity contribution in [3.05, 3.63) is 77.1 Å². The van der Waals surface area contributed by atoms with E-state index in [1.807, 2.05) is 0 Å². The normalized spacial score (nSPS) is 12.6. The third-order valence-electron chi connectivity index (χ3n) is 5.73. The molecule has 2 heterocycles. The summed E-state index contributed by atoms with van der Waals surface area (Å²) in [5.41, 5.74) is 6.32. The largest absolute Gasteiger partial charge is 0.378 e. The second-order valence-corrected chi connectivity index (χ2v) is 11.6. The van der Waals surface area contributed by atoms with Crippen molar-refractivity contribution in [1.29, 1.82) is 0 Å². The molecule has 9 nitrogen and oxygen atoms in total. The van der Waals surface area contributed by atoms with Gasteiger partial charge in [-0.15, -0.1) is 0 Å². The second-order valence-electron chi connectivity index (χ2n) is 9.88. The van der Waals surface area contributed by atoms with E-state index < -0.39 is 39.1 Å². The first-order valence-corrected chi connectivity index (χ1v) is 13.9. The van der Waals surface area contributed by atoms with Crippen molar-refractivity contribution < 1.29 is 31.6 Å². The van der Waals surface area contributed by atoms with E-state index >= 15 is 0 Å². The summed E-state index contributed by atoms with van der Waals surface area (Å²) in [5.74, 6) is 2.51. The molecule has 0 saturated carbocycles. The summed E-state index contributed by atoms with van der Waals surface area (Å²) >= 11 is 0. The van der Waals surface area contributed by atoms with Crippen LogP contribution in [0.15, 0.2) is 53.1 Å². The molecule has 0 saturated heterocycles. The maximum atomic E-state index is 14.0. The number of halogens is 2. The minimum atomic E-state index is -3.65. The summed E-state index contributed by atoms with van der Waals surface area (Å²) in [4.78, 5) is 16.8. The zero-order valence-electron chi connectivity index (χ0n) is 21.8. The molecule has 2 aromatic carbocycles. The van der Waals surface area contributed by atoms with Crippen molar-refractivity contribution in [2.45, 2.75) is 38.2 Å². The molecule has 208 valence electrons. The van der Waals surface area contributed by atoms with Gasteiger partial charge in [-0.3, -0.25) is 9.52 Å². The lowest BCUT2D eigenvalue weighted by Crippen LogP contribution is -2.19. The SMILES string of the molecule is CC(C)(O)C#Cc1ccc(-c2cccc3c(NS(C)(=O)=O)noc23)c([C@H](CC(N)=O)Cc2cc(F)cc(F)c2)n1. The summed E-state index contributed by atoms with van der Waals surface area (Å²) in [6.45, 7) is 3.02. The fourth-order valence-corrected chi connectivity index (χ4v) is 4.74. The second kappa shape index (κ2) is 11.0. The van der Waals surface area contributed by atoms with Gasteiger partial charge < -0.3 is 15.4 Å². The highest BCUT2D eigenvalue weighted by molar-refractivity contribution is 7.92. The lowest BCUT2D eigenvalue weighted by molar-refractivity contribution is -0.118. The Balaban J connectivity index is 1.93. The van der Waals surface area contributed by atoms with Crippen molar-refractivity contribution in [1.82, 2.24) is 10.1 Å². The number of para-hydroxylation sites is 1. The third-order valence-corrected chi connectivity index (χ3v) is 6.29. The number of anilines is 1. The average Bonchev–Trinajstić information content (AvgIpc) is 3.22. The minimum absolute atomic E-state index is 0.00720. The molecule has 40 heavy (non-hydrogen) atoms. The van der Waals surface area contributed by atoms with E-state index in [0.29, 0.717) is 22.2 Å². The molecule has 0 bridgehead atoms. The Bertz CT molecular complexity index is 1750. The van der Waals surface area contributed by atoms with E-state index in [0.717, 1.165) is 24.5 Å². The number of benzene rings is 2. The quantitative estimate of drug-likeness (QED) is 0.273. The Labute approximate surface area is 229 Å². The maximum absolute atomic E-state index is 14.0. The summed E-state index contributed by atoms with van der Waals surface area (Å²) in [5, 5.41) is 14.3. The van der Waals surface area contributed by atoms with Gasteiger partial charge in [-0.2, -0.15) is 0 Å². The number of nitrogens with one attached hydrogen (secondary N) is 1. The summed E-state index contributed by atoms with van der Waals surface area (Å²) in [7, 11) is -3.65. The van der Waals surface area contributed by atoms with E-state index in [1.54, 1.807) is 30.3 Å². The highest BCUT2D eigenvalue weighted by Gasteiger charge is 2.25. The maximum Gasteiger partial charge on any atom is 0.231 e. The van der Waals surface area contributed by atoms with E-state index in [4.69, 9.17) is 10.3 Å². The molecular formula is C28H26F2N4O5S. The van der Waals surface area contributed by atoms with Crippen LogP contribution in [-0.4, -0.2) is 41.4 Å². The molecule has 4 aromatic rings. The van der Waals surface area contributed by atoms with Gasteiger partial charge in [-0.05, 0) is 62.1 Å². The molecule has 0 fully saturated rings. The number of rotatable bonds is 8. The van der Waals surface area contributed by atoms with E-state index in [2.05, 4.69) is 26.7 Å². The van der Waals surface area contributed by atoms with Gasteiger partial charge in [0.2, 0.25) is 15.9 Å². The molecule has 0 spiro atoms. The van der Waals surface area contributed by atoms with Gasteiger partial charge in [-0.25, -0.2) is 22.2 Å². The van der Waals surface area contributed by atoms with Crippen LogP contribution in [-0.2, 0) is 21.2 Å². The summed E-state index contributed by atoms with van der Waals surface area (Å²) < 4.78 is 59.4. The Morgan fingerprint density at radius 3 is 2.48 bits per heavy atom. The molecular weight excluding hydrogens is 542 g/mol. The van der Waals surface area contributed by atoms with Crippen LogP contribution in [0, 0.1) is 23.5 Å². The fourth-order valence-electron chi connectivity index (χ4n) is 4.25. The zero-order valence-corrected chi connectivity index (χ0v) is 22.6. The molecule has 0 aliphatic heterocycles. The molecule has 0 radical (unpaired) electrons. The molecule has 2 aromatic heterocycles. The number of carbonyl (C=O) groups excluding carboxylic acids is 1. The number of nitrogens with zero attached hydrogens (tertiary/aromatic N) is 2. The topological polar surface area (TPSA) is 148 Å². The number of amides is 1. The Morgan fingerprint density at radius 2 is 1.85 bits per heavy atom. The van der Waals surface area contributed by atoms with Gasteiger partial charge in [0, 0.05) is 29.5 Å². The molecule has 4 rings (SSSR count). The fraction of sp³-hybridized carbons (Fsp3) is 0.250. The van der Waals surface area contributed by atoms with Crippen LogP contribution < -0.4 is 10.5 Å². The van der Waals surface area contributed by atoms with Crippen molar-refractivity contribution >= 4 is 32.7 Å². The molecule has 4 N–H and O–H groups in total. The molecule has 0 aliphatic rings. The highest BCUT2D eigenvalue weighted by Crippen LogP contribution is 2.38. The third kappa shape index (κ3) is 7.19. The number of pyridine rings is 1. The van der Waals surface area contributed by atoms with Gasteiger partial charge in [-0.1, -0.05) is 23.2 Å². The van der Waals surface area contributed by atoms with E-state index in [1.165, 1.54) is 13.8 Å². The van der Waals surface area contributed by atoms with Crippen molar-refractivity contribution in [3.8, 4) is 23.0 Å². The molecule has 0 unspecified atom stereocenters. The average molecular weight is 569 g/mol. The molecule has 1 atom stereocenters. The summed E-state index contributed by atoms with van der Waals surface area (Å²) in [6.07, 6.45) is 0.775. The number of sulfonamides is 1. The van der Waals surface area contributed by atoms with Gasteiger partial charge in [0.1, 0.15) is 22.9 Å². The number of nitrogens with two attached hydrogens (primary N) is 1. The highest BCUT2D eigenvalue weighted by atomic mass is 32.2. The van der Waals surface area contributed by atoms with Gasteiger partial charge >= 0.3 is 0 Å². The predicted octanol–water partition coefficient (Wildman–Crippen LogP) is 3.86. The van der Waals surface area contributed by atoms with Crippen LogP contribution in [0.3, 0.4) is 0 Å². The van der Waals surface area contributed by atoms with Crippen LogP contribution in [0.2, 0.25) is 0 Å². The number of carbonyl (C=O) groups is 1. The predicted molar refractivity (Wildman–Crippen MR) is 145 cm³/mol. The smallest absolute Gasteiger partial charge is 0.231 e. The number of aliphatic hydroxyl groups is 1.